The van der Waals surface area contributed by atoms with Crippen molar-refractivity contribution in [2.24, 2.45) is 0 Å². The summed E-state index contributed by atoms with van der Waals surface area (Å²) in [5.41, 5.74) is 2.48. The first-order valence-electron chi connectivity index (χ1n) is 12.0. The molecular weight excluding hydrogens is 493 g/mol. The molecule has 1 unspecified atom stereocenters. The highest BCUT2D eigenvalue weighted by molar-refractivity contribution is 6.46. The van der Waals surface area contributed by atoms with E-state index in [1.165, 1.54) is 24.1 Å². The highest BCUT2D eigenvalue weighted by Gasteiger charge is 2.46. The molecule has 1 aliphatic heterocycles. The SMILES string of the molecule is COc1ccc(C(C)(C)C)cc1/C(O)=C1\C(=O)C(=O)N(CCc2ccc(F)cc2)C1c1ccc(Cl)cc1. The molecule has 7 heteroatoms. The van der Waals surface area contributed by atoms with Crippen molar-refractivity contribution in [3.63, 3.8) is 0 Å². The van der Waals surface area contributed by atoms with Gasteiger partial charge in [-0.15, -0.1) is 0 Å². The van der Waals surface area contributed by atoms with Gasteiger partial charge in [-0.1, -0.05) is 62.7 Å². The van der Waals surface area contributed by atoms with Gasteiger partial charge in [0.1, 0.15) is 17.3 Å². The van der Waals surface area contributed by atoms with Crippen molar-refractivity contribution in [3.8, 4) is 5.75 Å². The van der Waals surface area contributed by atoms with Crippen LogP contribution < -0.4 is 4.74 Å². The lowest BCUT2D eigenvalue weighted by atomic mass is 9.85. The lowest BCUT2D eigenvalue weighted by Crippen LogP contribution is -2.31. The fourth-order valence-corrected chi connectivity index (χ4v) is 4.63. The second kappa shape index (κ2) is 10.4. The Labute approximate surface area is 221 Å². The predicted octanol–water partition coefficient (Wildman–Crippen LogP) is 6.45. The summed E-state index contributed by atoms with van der Waals surface area (Å²) in [4.78, 5) is 28.1. The van der Waals surface area contributed by atoms with Crippen molar-refractivity contribution in [3.05, 3.63) is 105 Å². The number of amides is 1. The standard InChI is InChI=1S/C30H29ClFNO4/c1-30(2,3)20-9-14-24(37-4)23(17-20)27(34)25-26(19-7-10-21(31)11-8-19)33(29(36)28(25)35)16-15-18-5-12-22(32)13-6-18/h5-14,17,26,34H,15-16H2,1-4H3/b27-25+. The molecule has 1 amide bonds. The van der Waals surface area contributed by atoms with E-state index in [1.807, 2.05) is 26.8 Å². The fraction of sp³-hybridized carbons (Fsp3) is 0.267. The molecule has 3 aromatic carbocycles. The maximum absolute atomic E-state index is 13.4. The maximum Gasteiger partial charge on any atom is 0.295 e. The molecule has 0 saturated carbocycles. The van der Waals surface area contributed by atoms with Crippen LogP contribution >= 0.6 is 11.6 Å². The molecular formula is C30H29ClFNO4. The number of aliphatic hydroxyl groups excluding tert-OH is 1. The number of carbonyl (C=O) groups excluding carboxylic acids is 2. The van der Waals surface area contributed by atoms with E-state index < -0.39 is 17.7 Å². The Morgan fingerprint density at radius 2 is 1.68 bits per heavy atom. The van der Waals surface area contributed by atoms with Gasteiger partial charge < -0.3 is 14.7 Å². The van der Waals surface area contributed by atoms with Gasteiger partial charge in [0, 0.05) is 11.6 Å². The Morgan fingerprint density at radius 3 is 2.27 bits per heavy atom. The zero-order valence-corrected chi connectivity index (χ0v) is 22.0. The molecule has 0 radical (unpaired) electrons. The zero-order valence-electron chi connectivity index (χ0n) is 21.2. The number of rotatable bonds is 6. The molecule has 1 saturated heterocycles. The summed E-state index contributed by atoms with van der Waals surface area (Å²) in [5, 5.41) is 12.1. The van der Waals surface area contributed by atoms with Crippen LogP contribution in [0.3, 0.4) is 0 Å². The van der Waals surface area contributed by atoms with Gasteiger partial charge in [-0.3, -0.25) is 9.59 Å². The molecule has 1 N–H and O–H groups in total. The molecule has 0 aliphatic carbocycles. The molecule has 1 fully saturated rings. The van der Waals surface area contributed by atoms with Gasteiger partial charge in [-0.05, 0) is 64.9 Å². The number of carbonyl (C=O) groups is 2. The number of nitrogens with zero attached hydrogens (tertiary/aromatic N) is 1. The second-order valence-corrected chi connectivity index (χ2v) is 10.5. The van der Waals surface area contributed by atoms with Gasteiger partial charge in [-0.2, -0.15) is 0 Å². The number of hydrogen-bond donors (Lipinski definition) is 1. The minimum Gasteiger partial charge on any atom is -0.507 e. The average Bonchev–Trinajstić information content (AvgIpc) is 3.12. The summed E-state index contributed by atoms with van der Waals surface area (Å²) in [6.07, 6.45) is 0.403. The Morgan fingerprint density at radius 1 is 1.03 bits per heavy atom. The minimum atomic E-state index is -0.833. The molecule has 1 heterocycles. The van der Waals surface area contributed by atoms with Gasteiger partial charge in [0.25, 0.3) is 11.7 Å². The molecule has 37 heavy (non-hydrogen) atoms. The number of ether oxygens (including phenoxy) is 1. The van der Waals surface area contributed by atoms with Gasteiger partial charge in [0.2, 0.25) is 0 Å². The lowest BCUT2D eigenvalue weighted by molar-refractivity contribution is -0.139. The van der Waals surface area contributed by atoms with Gasteiger partial charge in [0.15, 0.2) is 0 Å². The predicted molar refractivity (Wildman–Crippen MR) is 142 cm³/mol. The quantitative estimate of drug-likeness (QED) is 0.230. The van der Waals surface area contributed by atoms with E-state index in [2.05, 4.69) is 0 Å². The smallest absolute Gasteiger partial charge is 0.295 e. The van der Waals surface area contributed by atoms with Crippen molar-refractivity contribution in [1.29, 1.82) is 0 Å². The molecule has 0 aromatic heterocycles. The number of benzene rings is 3. The molecule has 5 nitrogen and oxygen atoms in total. The van der Waals surface area contributed by atoms with Crippen LogP contribution in [0.5, 0.6) is 5.75 Å². The molecule has 0 spiro atoms. The highest BCUT2D eigenvalue weighted by Crippen LogP contribution is 2.42. The van der Waals surface area contributed by atoms with Crippen LogP contribution in [0.15, 0.2) is 72.3 Å². The van der Waals surface area contributed by atoms with E-state index in [1.54, 1.807) is 48.5 Å². The Balaban J connectivity index is 1.84. The first kappa shape index (κ1) is 26.4. The van der Waals surface area contributed by atoms with Gasteiger partial charge in [-0.25, -0.2) is 4.39 Å². The number of methoxy groups -OCH3 is 1. The first-order valence-corrected chi connectivity index (χ1v) is 12.4. The summed E-state index contributed by atoms with van der Waals surface area (Å²) >= 11 is 6.10. The van der Waals surface area contributed by atoms with Crippen LogP contribution in [0.25, 0.3) is 5.76 Å². The Bertz CT molecular complexity index is 1360. The molecule has 3 aromatic rings. The fourth-order valence-electron chi connectivity index (χ4n) is 4.51. The number of likely N-dealkylation sites (tertiary alicyclic amines) is 1. The van der Waals surface area contributed by atoms with Crippen LogP contribution in [0.2, 0.25) is 5.02 Å². The third-order valence-electron chi connectivity index (χ3n) is 6.60. The zero-order chi connectivity index (χ0) is 26.9. The highest BCUT2D eigenvalue weighted by atomic mass is 35.5. The molecule has 0 bridgehead atoms. The number of Topliss-reactive ketones (excluding diaryl/α,β-unsaturated/α-hetero) is 1. The molecule has 1 aliphatic rings. The van der Waals surface area contributed by atoms with Crippen LogP contribution in [0, 0.1) is 5.82 Å². The van der Waals surface area contributed by atoms with Gasteiger partial charge >= 0.3 is 0 Å². The number of hydrogen-bond acceptors (Lipinski definition) is 4. The summed E-state index contributed by atoms with van der Waals surface area (Å²) in [6, 6.07) is 17.4. The van der Waals surface area contributed by atoms with E-state index in [9.17, 15) is 19.1 Å². The van der Waals surface area contributed by atoms with Gasteiger partial charge in [0.05, 0.1) is 24.3 Å². The topological polar surface area (TPSA) is 66.8 Å². The Hall–Kier alpha value is -3.64. The van der Waals surface area contributed by atoms with E-state index in [0.717, 1.165) is 11.1 Å². The lowest BCUT2D eigenvalue weighted by Gasteiger charge is -2.26. The van der Waals surface area contributed by atoms with Crippen LogP contribution in [-0.4, -0.2) is 35.4 Å². The van der Waals surface area contributed by atoms with E-state index in [0.29, 0.717) is 28.3 Å². The van der Waals surface area contributed by atoms with Crippen LogP contribution in [-0.2, 0) is 21.4 Å². The number of ketones is 1. The normalized spacial score (nSPS) is 17.4. The Kier molecular flexibility index (Phi) is 7.42. The number of aliphatic hydroxyl groups is 1. The summed E-state index contributed by atoms with van der Waals surface area (Å²) in [7, 11) is 1.49. The third-order valence-corrected chi connectivity index (χ3v) is 6.85. The van der Waals surface area contributed by atoms with Crippen molar-refractivity contribution >= 4 is 29.1 Å². The van der Waals surface area contributed by atoms with Crippen molar-refractivity contribution in [1.82, 2.24) is 4.90 Å². The molecule has 192 valence electrons. The molecule has 1 atom stereocenters. The van der Waals surface area contributed by atoms with Crippen LogP contribution in [0.1, 0.15) is 49.1 Å². The monoisotopic (exact) mass is 521 g/mol. The van der Waals surface area contributed by atoms with E-state index >= 15 is 0 Å². The summed E-state index contributed by atoms with van der Waals surface area (Å²) in [5.74, 6) is -1.76. The van der Waals surface area contributed by atoms with Crippen molar-refractivity contribution in [2.45, 2.75) is 38.6 Å². The summed E-state index contributed by atoms with van der Waals surface area (Å²) < 4.78 is 18.9. The van der Waals surface area contributed by atoms with E-state index in [-0.39, 0.29) is 29.1 Å². The first-order chi connectivity index (χ1) is 17.5. The largest absolute Gasteiger partial charge is 0.507 e. The second-order valence-electron chi connectivity index (χ2n) is 10.1. The van der Waals surface area contributed by atoms with E-state index in [4.69, 9.17) is 16.3 Å². The number of halogens is 2. The minimum absolute atomic E-state index is 0.0178. The van der Waals surface area contributed by atoms with Crippen molar-refractivity contribution in [2.75, 3.05) is 13.7 Å². The third kappa shape index (κ3) is 5.39. The molecule has 4 rings (SSSR count). The maximum atomic E-state index is 13.4. The summed E-state index contributed by atoms with van der Waals surface area (Å²) in [6.45, 7) is 6.32. The van der Waals surface area contributed by atoms with Crippen LogP contribution in [0.4, 0.5) is 4.39 Å². The average molecular weight is 522 g/mol. The van der Waals surface area contributed by atoms with Crippen molar-refractivity contribution < 1.29 is 23.8 Å².